The third kappa shape index (κ3) is 7.38. The number of carbonyl (C=O) groups is 2. The number of anilines is 1. The molecule has 0 aliphatic heterocycles. The van der Waals surface area contributed by atoms with Crippen LogP contribution < -0.4 is 10.1 Å². The molecule has 1 atom stereocenters. The monoisotopic (exact) mass is 404 g/mol. The Morgan fingerprint density at radius 2 is 1.86 bits per heavy atom. The van der Waals surface area contributed by atoms with E-state index in [1.165, 1.54) is 31.2 Å². The summed E-state index contributed by atoms with van der Waals surface area (Å²) in [6.45, 7) is 1.37. The van der Waals surface area contributed by atoms with Crippen molar-refractivity contribution in [3.05, 3.63) is 65.7 Å². The van der Waals surface area contributed by atoms with Crippen molar-refractivity contribution in [2.24, 2.45) is 0 Å². The normalized spacial score (nSPS) is 12.1. The van der Waals surface area contributed by atoms with Gasteiger partial charge in [0.1, 0.15) is 5.75 Å². The lowest BCUT2D eigenvalue weighted by molar-refractivity contribution is -0.274. The van der Waals surface area contributed by atoms with E-state index in [9.17, 15) is 22.8 Å². The minimum absolute atomic E-state index is 0.363. The molecule has 1 amide bonds. The molecule has 2 aromatic rings. The first kappa shape index (κ1) is 21.5. The zero-order valence-electron chi connectivity index (χ0n) is 15.1. The van der Waals surface area contributed by atoms with Gasteiger partial charge in [-0.05, 0) is 48.9 Å². The molecule has 0 bridgehead atoms. The minimum atomic E-state index is -4.78. The zero-order valence-corrected chi connectivity index (χ0v) is 15.1. The van der Waals surface area contributed by atoms with Crippen molar-refractivity contribution >= 4 is 23.6 Å². The molecule has 0 radical (unpaired) electrons. The molecule has 2 rings (SSSR count). The highest BCUT2D eigenvalue weighted by Gasteiger charge is 2.30. The first-order valence-electron chi connectivity index (χ1n) is 8.22. The fourth-order valence-corrected chi connectivity index (χ4v) is 2.12. The first-order valence-corrected chi connectivity index (χ1v) is 8.22. The summed E-state index contributed by atoms with van der Waals surface area (Å²) in [4.78, 5) is 23.9. The molecule has 6 nitrogen and oxygen atoms in total. The van der Waals surface area contributed by atoms with Crippen molar-refractivity contribution in [3.63, 3.8) is 0 Å². The van der Waals surface area contributed by atoms with E-state index in [4.69, 9.17) is 10.00 Å². The lowest BCUT2D eigenvalue weighted by Crippen LogP contribution is -2.29. The maximum absolute atomic E-state index is 12.1. The molecule has 9 heteroatoms. The standard InChI is InChI=1S/C20H15F3N2O4/c1-13(19(27)25-16-4-2-3-15(11-16)12-24)28-18(26)10-7-14-5-8-17(9-6-14)29-20(21,22)23/h2-11,13H,1H3,(H,25,27)/b10-7+/t13-/m0/s1. The predicted molar refractivity (Wildman–Crippen MR) is 97.5 cm³/mol. The lowest BCUT2D eigenvalue weighted by atomic mass is 10.2. The van der Waals surface area contributed by atoms with Crippen molar-refractivity contribution in [1.29, 1.82) is 5.26 Å². The first-order chi connectivity index (χ1) is 13.7. The average molecular weight is 404 g/mol. The predicted octanol–water partition coefficient (Wildman–Crippen LogP) is 4.04. The Labute approximate surface area is 164 Å². The third-order valence-corrected chi connectivity index (χ3v) is 3.45. The van der Waals surface area contributed by atoms with Crippen LogP contribution in [0.5, 0.6) is 5.75 Å². The Morgan fingerprint density at radius 1 is 1.17 bits per heavy atom. The number of ether oxygens (including phenoxy) is 2. The highest BCUT2D eigenvalue weighted by atomic mass is 19.4. The van der Waals surface area contributed by atoms with Gasteiger partial charge in [0.2, 0.25) is 0 Å². The van der Waals surface area contributed by atoms with Gasteiger partial charge < -0.3 is 14.8 Å². The molecule has 0 spiro atoms. The van der Waals surface area contributed by atoms with E-state index >= 15 is 0 Å². The van der Waals surface area contributed by atoms with Crippen LogP contribution in [0.4, 0.5) is 18.9 Å². The number of nitrogens with zero attached hydrogens (tertiary/aromatic N) is 1. The molecule has 0 aliphatic rings. The summed E-state index contributed by atoms with van der Waals surface area (Å²) in [7, 11) is 0. The van der Waals surface area contributed by atoms with E-state index in [1.54, 1.807) is 18.2 Å². The molecule has 0 heterocycles. The van der Waals surface area contributed by atoms with Gasteiger partial charge in [0, 0.05) is 11.8 Å². The van der Waals surface area contributed by atoms with Crippen LogP contribution in [0, 0.1) is 11.3 Å². The molecule has 0 aromatic heterocycles. The summed E-state index contributed by atoms with van der Waals surface area (Å²) >= 11 is 0. The van der Waals surface area contributed by atoms with Gasteiger partial charge in [-0.15, -0.1) is 13.2 Å². The second kappa shape index (κ2) is 9.41. The van der Waals surface area contributed by atoms with Crippen LogP contribution in [0.1, 0.15) is 18.1 Å². The quantitative estimate of drug-likeness (QED) is 0.580. The number of alkyl halides is 3. The van der Waals surface area contributed by atoms with Crippen LogP contribution in [0.2, 0.25) is 0 Å². The summed E-state index contributed by atoms with van der Waals surface area (Å²) in [5.74, 6) is -1.78. The Bertz CT molecular complexity index is 947. The molecule has 0 unspecified atom stereocenters. The van der Waals surface area contributed by atoms with Crippen LogP contribution in [-0.4, -0.2) is 24.3 Å². The van der Waals surface area contributed by atoms with Crippen molar-refractivity contribution in [3.8, 4) is 11.8 Å². The van der Waals surface area contributed by atoms with Gasteiger partial charge in [0.25, 0.3) is 5.91 Å². The summed E-state index contributed by atoms with van der Waals surface area (Å²) in [5.41, 5.74) is 1.18. The average Bonchev–Trinajstić information content (AvgIpc) is 2.66. The number of esters is 1. The Morgan fingerprint density at radius 3 is 2.48 bits per heavy atom. The number of carbonyl (C=O) groups excluding carboxylic acids is 2. The fourth-order valence-electron chi connectivity index (χ4n) is 2.12. The Hall–Kier alpha value is -3.80. The minimum Gasteiger partial charge on any atom is -0.449 e. The van der Waals surface area contributed by atoms with E-state index in [1.807, 2.05) is 6.07 Å². The second-order valence-corrected chi connectivity index (χ2v) is 5.71. The van der Waals surface area contributed by atoms with Crippen LogP contribution in [0.15, 0.2) is 54.6 Å². The number of halogens is 3. The number of nitriles is 1. The van der Waals surface area contributed by atoms with Gasteiger partial charge >= 0.3 is 12.3 Å². The molecule has 0 saturated heterocycles. The Balaban J connectivity index is 1.88. The van der Waals surface area contributed by atoms with Crippen molar-refractivity contribution in [2.75, 3.05) is 5.32 Å². The summed E-state index contributed by atoms with van der Waals surface area (Å²) in [6.07, 6.45) is -3.53. The van der Waals surface area contributed by atoms with Gasteiger partial charge in [-0.1, -0.05) is 18.2 Å². The molecule has 0 saturated carbocycles. The van der Waals surface area contributed by atoms with Crippen molar-refractivity contribution in [2.45, 2.75) is 19.4 Å². The SMILES string of the molecule is C[C@H](OC(=O)/C=C/c1ccc(OC(F)(F)F)cc1)C(=O)Nc1cccc(C#N)c1. The maximum Gasteiger partial charge on any atom is 0.573 e. The number of hydrogen-bond donors (Lipinski definition) is 1. The maximum atomic E-state index is 12.1. The number of nitrogens with one attached hydrogen (secondary N) is 1. The smallest absolute Gasteiger partial charge is 0.449 e. The summed E-state index contributed by atoms with van der Waals surface area (Å²) in [6, 6.07) is 13.0. The van der Waals surface area contributed by atoms with Gasteiger partial charge in [0.15, 0.2) is 6.10 Å². The third-order valence-electron chi connectivity index (χ3n) is 3.45. The van der Waals surface area contributed by atoms with Gasteiger partial charge in [-0.3, -0.25) is 4.79 Å². The molecule has 0 fully saturated rings. The number of hydrogen-bond acceptors (Lipinski definition) is 5. The molecule has 1 N–H and O–H groups in total. The largest absolute Gasteiger partial charge is 0.573 e. The lowest BCUT2D eigenvalue weighted by Gasteiger charge is -2.12. The summed E-state index contributed by atoms with van der Waals surface area (Å²) in [5, 5.41) is 11.4. The van der Waals surface area contributed by atoms with Crippen LogP contribution in [0.3, 0.4) is 0 Å². The van der Waals surface area contributed by atoms with Gasteiger partial charge in [-0.2, -0.15) is 5.26 Å². The number of benzene rings is 2. The molecule has 150 valence electrons. The summed E-state index contributed by atoms with van der Waals surface area (Å²) < 4.78 is 45.1. The fraction of sp³-hybridized carbons (Fsp3) is 0.150. The zero-order chi connectivity index (χ0) is 21.4. The van der Waals surface area contributed by atoms with Crippen LogP contribution in [0.25, 0.3) is 6.08 Å². The van der Waals surface area contributed by atoms with Gasteiger partial charge in [-0.25, -0.2) is 4.79 Å². The highest BCUT2D eigenvalue weighted by molar-refractivity contribution is 5.96. The molecule has 29 heavy (non-hydrogen) atoms. The Kier molecular flexibility index (Phi) is 6.98. The second-order valence-electron chi connectivity index (χ2n) is 5.71. The molecule has 0 aliphatic carbocycles. The topological polar surface area (TPSA) is 88.4 Å². The van der Waals surface area contributed by atoms with Crippen LogP contribution >= 0.6 is 0 Å². The van der Waals surface area contributed by atoms with Crippen LogP contribution in [-0.2, 0) is 14.3 Å². The number of rotatable bonds is 6. The molecule has 2 aromatic carbocycles. The van der Waals surface area contributed by atoms with E-state index in [-0.39, 0.29) is 5.75 Å². The molecular weight excluding hydrogens is 389 g/mol. The molecular formula is C20H15F3N2O4. The highest BCUT2D eigenvalue weighted by Crippen LogP contribution is 2.23. The van der Waals surface area contributed by atoms with Gasteiger partial charge in [0.05, 0.1) is 11.6 Å². The van der Waals surface area contributed by atoms with Crippen molar-refractivity contribution in [1.82, 2.24) is 0 Å². The van der Waals surface area contributed by atoms with E-state index in [0.717, 1.165) is 18.2 Å². The van der Waals surface area contributed by atoms with E-state index < -0.39 is 24.3 Å². The van der Waals surface area contributed by atoms with E-state index in [2.05, 4.69) is 10.1 Å². The van der Waals surface area contributed by atoms with Crippen molar-refractivity contribution < 1.29 is 32.2 Å². The number of amides is 1. The van der Waals surface area contributed by atoms with E-state index in [0.29, 0.717) is 16.8 Å².